The molecule has 0 aromatic rings. The van der Waals surface area contributed by atoms with Crippen molar-refractivity contribution in [2.45, 2.75) is 71.4 Å². The predicted molar refractivity (Wildman–Crippen MR) is 73.3 cm³/mol. The Balaban J connectivity index is 3.76. The zero-order valence-electron chi connectivity index (χ0n) is 12.1. The van der Waals surface area contributed by atoms with E-state index in [0.717, 1.165) is 38.7 Å². The summed E-state index contributed by atoms with van der Waals surface area (Å²) in [4.78, 5) is 0. The second-order valence-electron chi connectivity index (χ2n) is 4.80. The van der Waals surface area contributed by atoms with E-state index in [2.05, 4.69) is 33.0 Å². The van der Waals surface area contributed by atoms with E-state index in [1.165, 1.54) is 0 Å². The summed E-state index contributed by atoms with van der Waals surface area (Å²) in [5.74, 6) is 0. The number of unbranched alkanes of at least 4 members (excludes halogenated alkanes) is 1. The maximum atomic E-state index is 9.81. The summed E-state index contributed by atoms with van der Waals surface area (Å²) >= 11 is 0. The molecule has 17 heavy (non-hydrogen) atoms. The van der Waals surface area contributed by atoms with E-state index in [9.17, 15) is 5.11 Å². The highest BCUT2D eigenvalue weighted by Gasteiger charge is 2.23. The molecule has 0 aliphatic carbocycles. The van der Waals surface area contributed by atoms with Gasteiger partial charge in [-0.25, -0.2) is 0 Å². The molecule has 0 saturated carbocycles. The minimum atomic E-state index is -0.393. The second-order valence-corrected chi connectivity index (χ2v) is 4.80. The first kappa shape index (κ1) is 16.9. The van der Waals surface area contributed by atoms with Gasteiger partial charge in [0.25, 0.3) is 0 Å². The minimum Gasteiger partial charge on any atom is -0.389 e. The molecule has 0 saturated heterocycles. The van der Waals surface area contributed by atoms with Crippen molar-refractivity contribution < 1.29 is 9.84 Å². The van der Waals surface area contributed by atoms with E-state index in [4.69, 9.17) is 4.74 Å². The highest BCUT2D eigenvalue weighted by Crippen LogP contribution is 2.18. The monoisotopic (exact) mass is 245 g/mol. The van der Waals surface area contributed by atoms with Crippen LogP contribution < -0.4 is 5.32 Å². The summed E-state index contributed by atoms with van der Waals surface area (Å²) in [5, 5.41) is 13.3. The van der Waals surface area contributed by atoms with Crippen LogP contribution in [0.4, 0.5) is 0 Å². The van der Waals surface area contributed by atoms with Crippen LogP contribution >= 0.6 is 0 Å². The average molecular weight is 245 g/mol. The van der Waals surface area contributed by atoms with E-state index in [1.807, 2.05) is 0 Å². The van der Waals surface area contributed by atoms with Crippen LogP contribution in [0, 0.1) is 0 Å². The van der Waals surface area contributed by atoms with Gasteiger partial charge in [0, 0.05) is 18.7 Å². The van der Waals surface area contributed by atoms with E-state index >= 15 is 0 Å². The van der Waals surface area contributed by atoms with Gasteiger partial charge >= 0.3 is 0 Å². The summed E-state index contributed by atoms with van der Waals surface area (Å²) in [5.41, 5.74) is 0.185. The van der Waals surface area contributed by atoms with Crippen molar-refractivity contribution in [1.29, 1.82) is 0 Å². The second kappa shape index (κ2) is 9.86. The lowest BCUT2D eigenvalue weighted by atomic mass is 9.90. The lowest BCUT2D eigenvalue weighted by molar-refractivity contribution is 0.0308. The Morgan fingerprint density at radius 1 is 1.12 bits per heavy atom. The first-order chi connectivity index (χ1) is 8.14. The molecule has 3 heteroatoms. The van der Waals surface area contributed by atoms with Crippen molar-refractivity contribution in [3.05, 3.63) is 0 Å². The Hall–Kier alpha value is -0.120. The molecule has 0 amide bonds. The van der Waals surface area contributed by atoms with Crippen molar-refractivity contribution in [3.63, 3.8) is 0 Å². The van der Waals surface area contributed by atoms with Crippen LogP contribution in [-0.2, 0) is 4.74 Å². The molecule has 0 rings (SSSR count). The van der Waals surface area contributed by atoms with Gasteiger partial charge in [-0.3, -0.25) is 0 Å². The third-order valence-electron chi connectivity index (χ3n) is 3.70. The lowest BCUT2D eigenvalue weighted by Crippen LogP contribution is -2.47. The van der Waals surface area contributed by atoms with Gasteiger partial charge in [0.15, 0.2) is 0 Å². The van der Waals surface area contributed by atoms with Gasteiger partial charge in [0.1, 0.15) is 0 Å². The summed E-state index contributed by atoms with van der Waals surface area (Å²) in [6.07, 6.45) is 5.12. The normalized spacial score (nSPS) is 13.9. The van der Waals surface area contributed by atoms with Crippen molar-refractivity contribution in [1.82, 2.24) is 5.32 Å². The van der Waals surface area contributed by atoms with Crippen LogP contribution in [0.2, 0.25) is 0 Å². The zero-order chi connectivity index (χ0) is 13.1. The summed E-state index contributed by atoms with van der Waals surface area (Å²) in [6.45, 7) is 10.6. The molecule has 0 spiro atoms. The van der Waals surface area contributed by atoms with Crippen LogP contribution in [-0.4, -0.2) is 36.5 Å². The molecule has 2 N–H and O–H groups in total. The fourth-order valence-electron chi connectivity index (χ4n) is 1.98. The van der Waals surface area contributed by atoms with Gasteiger partial charge in [-0.15, -0.1) is 0 Å². The smallest absolute Gasteiger partial charge is 0.0897 e. The van der Waals surface area contributed by atoms with Gasteiger partial charge in [-0.05, 0) is 25.7 Å². The molecule has 0 aromatic heterocycles. The van der Waals surface area contributed by atoms with Crippen LogP contribution in [0.25, 0.3) is 0 Å². The van der Waals surface area contributed by atoms with Crippen molar-refractivity contribution in [2.24, 2.45) is 0 Å². The zero-order valence-corrected chi connectivity index (χ0v) is 12.1. The quantitative estimate of drug-likeness (QED) is 0.550. The summed E-state index contributed by atoms with van der Waals surface area (Å²) in [7, 11) is 0. The molecule has 0 aliphatic rings. The van der Waals surface area contributed by atoms with Crippen molar-refractivity contribution in [2.75, 3.05) is 19.8 Å². The Morgan fingerprint density at radius 2 is 1.71 bits per heavy atom. The molecule has 0 aromatic carbocycles. The molecule has 0 bridgehead atoms. The van der Waals surface area contributed by atoms with E-state index in [1.54, 1.807) is 0 Å². The molecule has 1 atom stereocenters. The summed E-state index contributed by atoms with van der Waals surface area (Å²) < 4.78 is 5.41. The standard InChI is InChI=1S/C14H31NO2/c1-5-9-10-17-12-13(16)11-15-14(6-2,7-3)8-4/h13,15-16H,5-12H2,1-4H3. The SMILES string of the molecule is CCCCOCC(O)CNC(CC)(CC)CC. The Morgan fingerprint density at radius 3 is 2.18 bits per heavy atom. The van der Waals surface area contributed by atoms with E-state index in [0.29, 0.717) is 13.2 Å². The number of ether oxygens (including phenoxy) is 1. The molecule has 104 valence electrons. The highest BCUT2D eigenvalue weighted by molar-refractivity contribution is 4.84. The van der Waals surface area contributed by atoms with Crippen LogP contribution in [0.3, 0.4) is 0 Å². The number of nitrogens with one attached hydrogen (secondary N) is 1. The molecule has 1 unspecified atom stereocenters. The van der Waals surface area contributed by atoms with Gasteiger partial charge in [0.05, 0.1) is 12.7 Å². The highest BCUT2D eigenvalue weighted by atomic mass is 16.5. The number of β-amino-alcohol motifs (C(OH)–C–C–N with tert-alkyl or cyclic N) is 1. The Bertz CT molecular complexity index is 161. The Kier molecular flexibility index (Phi) is 9.79. The maximum absolute atomic E-state index is 9.81. The third-order valence-corrected chi connectivity index (χ3v) is 3.70. The van der Waals surface area contributed by atoms with Crippen molar-refractivity contribution >= 4 is 0 Å². The number of aliphatic hydroxyl groups excluding tert-OH is 1. The van der Waals surface area contributed by atoms with Gasteiger partial charge < -0.3 is 15.2 Å². The molecule has 3 nitrogen and oxygen atoms in total. The first-order valence-corrected chi connectivity index (χ1v) is 7.14. The van der Waals surface area contributed by atoms with Crippen LogP contribution in [0.15, 0.2) is 0 Å². The molecule has 0 fully saturated rings. The number of hydrogen-bond donors (Lipinski definition) is 2. The first-order valence-electron chi connectivity index (χ1n) is 7.14. The van der Waals surface area contributed by atoms with Gasteiger partial charge in [-0.2, -0.15) is 0 Å². The topological polar surface area (TPSA) is 41.5 Å². The summed E-state index contributed by atoms with van der Waals surface area (Å²) in [6, 6.07) is 0. The minimum absolute atomic E-state index is 0.185. The van der Waals surface area contributed by atoms with Crippen LogP contribution in [0.1, 0.15) is 59.8 Å². The molecule has 0 radical (unpaired) electrons. The fraction of sp³-hybridized carbons (Fsp3) is 1.00. The molecule has 0 aliphatic heterocycles. The fourth-order valence-corrected chi connectivity index (χ4v) is 1.98. The Labute approximate surface area is 107 Å². The van der Waals surface area contributed by atoms with Crippen molar-refractivity contribution in [3.8, 4) is 0 Å². The van der Waals surface area contributed by atoms with Gasteiger partial charge in [-0.1, -0.05) is 34.1 Å². The lowest BCUT2D eigenvalue weighted by Gasteiger charge is -2.33. The molecular weight excluding hydrogens is 214 g/mol. The van der Waals surface area contributed by atoms with Gasteiger partial charge in [0.2, 0.25) is 0 Å². The number of hydrogen-bond acceptors (Lipinski definition) is 3. The third kappa shape index (κ3) is 7.02. The van der Waals surface area contributed by atoms with Crippen LogP contribution in [0.5, 0.6) is 0 Å². The average Bonchev–Trinajstić information content (AvgIpc) is 2.37. The number of aliphatic hydroxyl groups is 1. The molecule has 0 heterocycles. The largest absolute Gasteiger partial charge is 0.389 e. The predicted octanol–water partition coefficient (Wildman–Crippen LogP) is 2.72. The van der Waals surface area contributed by atoms with E-state index in [-0.39, 0.29) is 5.54 Å². The maximum Gasteiger partial charge on any atom is 0.0897 e. The van der Waals surface area contributed by atoms with E-state index < -0.39 is 6.10 Å². The molecular formula is C14H31NO2. The number of rotatable bonds is 11.